The molecular formula is C11H15FN2O2. The molecule has 0 spiro atoms. The zero-order valence-electron chi connectivity index (χ0n) is 9.50. The highest BCUT2D eigenvalue weighted by molar-refractivity contribution is 5.71. The predicted molar refractivity (Wildman–Crippen MR) is 59.7 cm³/mol. The summed E-state index contributed by atoms with van der Waals surface area (Å²) in [6, 6.07) is 3.87. The average molecular weight is 226 g/mol. The lowest BCUT2D eigenvalue weighted by Crippen LogP contribution is -2.42. The third-order valence-electron chi connectivity index (χ3n) is 1.64. The molecule has 1 amide bonds. The van der Waals surface area contributed by atoms with Gasteiger partial charge in [0.2, 0.25) is 0 Å². The van der Waals surface area contributed by atoms with E-state index in [1.807, 2.05) is 0 Å². The van der Waals surface area contributed by atoms with Gasteiger partial charge in [-0.15, -0.1) is 0 Å². The summed E-state index contributed by atoms with van der Waals surface area (Å²) >= 11 is 0. The molecule has 1 rings (SSSR count). The van der Waals surface area contributed by atoms with Crippen LogP contribution in [0.4, 0.5) is 14.9 Å². The molecule has 0 saturated carbocycles. The normalized spacial score (nSPS) is 11.0. The number of hydrogen-bond donors (Lipinski definition) is 2. The Balaban J connectivity index is 2.70. The SMILES string of the molecule is CC(C)(C)NC(=O)Oc1ccc(N)cc1F. The fourth-order valence-electron chi connectivity index (χ4n) is 1.03. The van der Waals surface area contributed by atoms with E-state index >= 15 is 0 Å². The molecule has 16 heavy (non-hydrogen) atoms. The molecule has 0 heterocycles. The standard InChI is InChI=1S/C11H15FN2O2/c1-11(2,3)14-10(15)16-9-5-4-7(13)6-8(9)12/h4-6H,13H2,1-3H3,(H,14,15). The minimum atomic E-state index is -0.698. The molecule has 0 aliphatic rings. The van der Waals surface area contributed by atoms with E-state index in [9.17, 15) is 9.18 Å². The maximum Gasteiger partial charge on any atom is 0.413 e. The lowest BCUT2D eigenvalue weighted by molar-refractivity contribution is 0.188. The van der Waals surface area contributed by atoms with Crippen molar-refractivity contribution in [2.45, 2.75) is 26.3 Å². The highest BCUT2D eigenvalue weighted by Gasteiger charge is 2.16. The number of nitrogens with one attached hydrogen (secondary N) is 1. The van der Waals surface area contributed by atoms with Crippen molar-refractivity contribution in [1.82, 2.24) is 5.32 Å². The fourth-order valence-corrected chi connectivity index (χ4v) is 1.03. The van der Waals surface area contributed by atoms with Crippen molar-refractivity contribution >= 4 is 11.8 Å². The van der Waals surface area contributed by atoms with Crippen molar-refractivity contribution in [3.05, 3.63) is 24.0 Å². The molecule has 1 aromatic rings. The largest absolute Gasteiger partial charge is 0.413 e. The van der Waals surface area contributed by atoms with Gasteiger partial charge in [0.25, 0.3) is 0 Å². The fraction of sp³-hybridized carbons (Fsp3) is 0.364. The van der Waals surface area contributed by atoms with Gasteiger partial charge in [0.05, 0.1) is 0 Å². The summed E-state index contributed by atoms with van der Waals surface area (Å²) in [5.74, 6) is -0.806. The lowest BCUT2D eigenvalue weighted by atomic mass is 10.1. The smallest absolute Gasteiger partial charge is 0.407 e. The van der Waals surface area contributed by atoms with Crippen molar-refractivity contribution < 1.29 is 13.9 Å². The Hall–Kier alpha value is -1.78. The van der Waals surface area contributed by atoms with Crippen molar-refractivity contribution in [1.29, 1.82) is 0 Å². The van der Waals surface area contributed by atoms with Gasteiger partial charge in [0.1, 0.15) is 0 Å². The van der Waals surface area contributed by atoms with E-state index in [1.54, 1.807) is 20.8 Å². The highest BCUT2D eigenvalue weighted by Crippen LogP contribution is 2.19. The van der Waals surface area contributed by atoms with E-state index in [-0.39, 0.29) is 11.4 Å². The average Bonchev–Trinajstić information content (AvgIpc) is 2.06. The number of amides is 1. The molecule has 1 aromatic carbocycles. The zero-order valence-corrected chi connectivity index (χ0v) is 9.50. The van der Waals surface area contributed by atoms with Crippen molar-refractivity contribution in [3.63, 3.8) is 0 Å². The number of hydrogen-bond acceptors (Lipinski definition) is 3. The third-order valence-corrected chi connectivity index (χ3v) is 1.64. The molecule has 88 valence electrons. The predicted octanol–water partition coefficient (Wildman–Crippen LogP) is 2.29. The van der Waals surface area contributed by atoms with E-state index in [0.717, 1.165) is 6.07 Å². The maximum absolute atomic E-state index is 13.3. The number of benzene rings is 1. The number of halogens is 1. The number of anilines is 1. The van der Waals surface area contributed by atoms with Crippen LogP contribution in [0, 0.1) is 5.82 Å². The van der Waals surface area contributed by atoms with Crippen LogP contribution < -0.4 is 15.8 Å². The minimum Gasteiger partial charge on any atom is -0.407 e. The zero-order chi connectivity index (χ0) is 12.3. The first-order valence-corrected chi connectivity index (χ1v) is 4.83. The summed E-state index contributed by atoms with van der Waals surface area (Å²) in [5.41, 5.74) is 5.21. The Morgan fingerprint density at radius 1 is 1.44 bits per heavy atom. The van der Waals surface area contributed by atoms with Gasteiger partial charge in [-0.05, 0) is 32.9 Å². The summed E-state index contributed by atoms with van der Waals surface area (Å²) in [6.45, 7) is 5.40. The summed E-state index contributed by atoms with van der Waals surface area (Å²) in [6.07, 6.45) is -0.698. The van der Waals surface area contributed by atoms with Crippen molar-refractivity contribution in [3.8, 4) is 5.75 Å². The van der Waals surface area contributed by atoms with Crippen LogP contribution in [0.15, 0.2) is 18.2 Å². The second-order valence-corrected chi connectivity index (χ2v) is 4.45. The number of carbonyl (C=O) groups is 1. The number of nitrogens with two attached hydrogens (primary N) is 1. The van der Waals surface area contributed by atoms with E-state index in [1.165, 1.54) is 12.1 Å². The Kier molecular flexibility index (Phi) is 3.37. The van der Waals surface area contributed by atoms with E-state index in [4.69, 9.17) is 10.5 Å². The Bertz CT molecular complexity index is 399. The van der Waals surface area contributed by atoms with Crippen LogP contribution in [-0.4, -0.2) is 11.6 Å². The number of rotatable bonds is 1. The third kappa shape index (κ3) is 3.76. The van der Waals surface area contributed by atoms with Gasteiger partial charge in [0, 0.05) is 17.3 Å². The molecule has 4 nitrogen and oxygen atoms in total. The number of ether oxygens (including phenoxy) is 1. The molecule has 0 aliphatic heterocycles. The Labute approximate surface area is 93.6 Å². The summed E-state index contributed by atoms with van der Waals surface area (Å²) in [7, 11) is 0. The Morgan fingerprint density at radius 3 is 2.56 bits per heavy atom. The first kappa shape index (κ1) is 12.3. The molecule has 0 atom stereocenters. The van der Waals surface area contributed by atoms with Gasteiger partial charge < -0.3 is 15.8 Å². The molecule has 0 unspecified atom stereocenters. The van der Waals surface area contributed by atoms with Gasteiger partial charge in [-0.1, -0.05) is 0 Å². The first-order chi connectivity index (χ1) is 7.28. The maximum atomic E-state index is 13.3. The summed E-state index contributed by atoms with van der Waals surface area (Å²) in [5, 5.41) is 2.55. The van der Waals surface area contributed by atoms with Crippen molar-refractivity contribution in [2.75, 3.05) is 5.73 Å². The van der Waals surface area contributed by atoms with Crippen LogP contribution in [0.3, 0.4) is 0 Å². The molecule has 0 radical (unpaired) electrons. The van der Waals surface area contributed by atoms with Crippen molar-refractivity contribution in [2.24, 2.45) is 0 Å². The van der Waals surface area contributed by atoms with Gasteiger partial charge >= 0.3 is 6.09 Å². The van der Waals surface area contributed by atoms with E-state index < -0.39 is 17.4 Å². The van der Waals surface area contributed by atoms with E-state index in [0.29, 0.717) is 0 Å². The molecule has 0 saturated heterocycles. The summed E-state index contributed by atoms with van der Waals surface area (Å²) in [4.78, 5) is 11.3. The quantitative estimate of drug-likeness (QED) is 0.722. The van der Waals surface area contributed by atoms with Crippen LogP contribution in [0.1, 0.15) is 20.8 Å². The molecule has 0 fully saturated rings. The van der Waals surface area contributed by atoms with E-state index in [2.05, 4.69) is 5.32 Å². The lowest BCUT2D eigenvalue weighted by Gasteiger charge is -2.19. The van der Waals surface area contributed by atoms with Crippen LogP contribution in [0.2, 0.25) is 0 Å². The summed E-state index contributed by atoms with van der Waals surface area (Å²) < 4.78 is 18.1. The molecule has 0 bridgehead atoms. The van der Waals surface area contributed by atoms with Gasteiger partial charge in [-0.25, -0.2) is 9.18 Å². The Morgan fingerprint density at radius 2 is 2.06 bits per heavy atom. The molecule has 0 aliphatic carbocycles. The van der Waals surface area contributed by atoms with Crippen LogP contribution >= 0.6 is 0 Å². The van der Waals surface area contributed by atoms with Crippen LogP contribution in [-0.2, 0) is 0 Å². The molecule has 5 heteroatoms. The number of carbonyl (C=O) groups excluding carboxylic acids is 1. The number of nitrogen functional groups attached to an aromatic ring is 1. The molecule has 3 N–H and O–H groups in total. The minimum absolute atomic E-state index is 0.143. The molecule has 0 aromatic heterocycles. The van der Waals surface area contributed by atoms with Gasteiger partial charge in [-0.2, -0.15) is 0 Å². The van der Waals surface area contributed by atoms with Gasteiger partial charge in [0.15, 0.2) is 11.6 Å². The highest BCUT2D eigenvalue weighted by atomic mass is 19.1. The second kappa shape index (κ2) is 4.38. The topological polar surface area (TPSA) is 64.3 Å². The van der Waals surface area contributed by atoms with Gasteiger partial charge in [-0.3, -0.25) is 0 Å². The second-order valence-electron chi connectivity index (χ2n) is 4.45. The molecular weight excluding hydrogens is 211 g/mol. The monoisotopic (exact) mass is 226 g/mol. The van der Waals surface area contributed by atoms with Crippen LogP contribution in [0.25, 0.3) is 0 Å². The van der Waals surface area contributed by atoms with Crippen LogP contribution in [0.5, 0.6) is 5.75 Å². The first-order valence-electron chi connectivity index (χ1n) is 4.83.